The Morgan fingerprint density at radius 1 is 1.04 bits per heavy atom. The highest BCUT2D eigenvalue weighted by Gasteiger charge is 2.39. The minimum Gasteiger partial charge on any atom is -0.309 e. The zero-order chi connectivity index (χ0) is 19.1. The first-order valence-electron chi connectivity index (χ1n) is 8.38. The van der Waals surface area contributed by atoms with Gasteiger partial charge in [-0.2, -0.15) is 4.31 Å². The second-order valence-electron chi connectivity index (χ2n) is 6.53. The number of anilines is 1. The lowest BCUT2D eigenvalue weighted by Gasteiger charge is -2.38. The summed E-state index contributed by atoms with van der Waals surface area (Å²) < 4.78 is 27.2. The van der Waals surface area contributed by atoms with Gasteiger partial charge in [0.2, 0.25) is 15.9 Å². The molecule has 0 N–H and O–H groups in total. The van der Waals surface area contributed by atoms with Gasteiger partial charge in [-0.3, -0.25) is 4.79 Å². The molecule has 26 heavy (non-hydrogen) atoms. The molecule has 2 aromatic carbocycles. The van der Waals surface area contributed by atoms with E-state index in [0.717, 1.165) is 16.8 Å². The number of carbonyl (C=O) groups excluding carboxylic acids is 1. The minimum absolute atomic E-state index is 0.204. The van der Waals surface area contributed by atoms with Gasteiger partial charge in [0.25, 0.3) is 0 Å². The zero-order valence-corrected chi connectivity index (χ0v) is 16.5. The van der Waals surface area contributed by atoms with Crippen molar-refractivity contribution in [3.63, 3.8) is 0 Å². The third kappa shape index (κ3) is 3.37. The lowest BCUT2D eigenvalue weighted by Crippen LogP contribution is -2.57. The second kappa shape index (κ2) is 7.02. The number of hydrogen-bond acceptors (Lipinski definition) is 3. The number of aryl methyl sites for hydroxylation is 2. The fraction of sp³-hybridized carbons (Fsp3) is 0.316. The quantitative estimate of drug-likeness (QED) is 0.804. The molecule has 0 radical (unpaired) electrons. The van der Waals surface area contributed by atoms with Gasteiger partial charge in [0.1, 0.15) is 6.04 Å². The average Bonchev–Trinajstić information content (AvgIpc) is 2.60. The predicted molar refractivity (Wildman–Crippen MR) is 103 cm³/mol. The molecule has 1 unspecified atom stereocenters. The van der Waals surface area contributed by atoms with Crippen LogP contribution in [-0.2, 0) is 14.8 Å². The summed E-state index contributed by atoms with van der Waals surface area (Å²) >= 11 is 6.07. The third-order valence-corrected chi connectivity index (χ3v) is 6.91. The number of piperazine rings is 1. The summed E-state index contributed by atoms with van der Waals surface area (Å²) in [5.41, 5.74) is 2.63. The molecule has 1 saturated heterocycles. The fourth-order valence-electron chi connectivity index (χ4n) is 3.14. The summed E-state index contributed by atoms with van der Waals surface area (Å²) in [6, 6.07) is 11.2. The van der Waals surface area contributed by atoms with E-state index in [1.807, 2.05) is 19.9 Å². The SMILES string of the molecule is Cc1ccc(S(=O)(=O)N2CCN(c3cc(Cl)ccc3C)C(=O)C2C)cc1. The van der Waals surface area contributed by atoms with Crippen LogP contribution in [0.3, 0.4) is 0 Å². The van der Waals surface area contributed by atoms with Gasteiger partial charge >= 0.3 is 0 Å². The number of carbonyl (C=O) groups is 1. The Morgan fingerprint density at radius 2 is 1.69 bits per heavy atom. The van der Waals surface area contributed by atoms with Crippen molar-refractivity contribution in [1.29, 1.82) is 0 Å². The highest BCUT2D eigenvalue weighted by atomic mass is 35.5. The topological polar surface area (TPSA) is 57.7 Å². The fourth-order valence-corrected chi connectivity index (χ4v) is 4.88. The third-order valence-electron chi connectivity index (χ3n) is 4.69. The molecule has 138 valence electrons. The first-order chi connectivity index (χ1) is 12.2. The Balaban J connectivity index is 1.90. The van der Waals surface area contributed by atoms with Gasteiger partial charge in [0.05, 0.1) is 4.90 Å². The van der Waals surface area contributed by atoms with Crippen LogP contribution in [0.1, 0.15) is 18.1 Å². The first-order valence-corrected chi connectivity index (χ1v) is 10.2. The predicted octanol–water partition coefficient (Wildman–Crippen LogP) is 3.38. The number of hydrogen-bond donors (Lipinski definition) is 0. The van der Waals surface area contributed by atoms with Crippen molar-refractivity contribution in [1.82, 2.24) is 4.31 Å². The van der Waals surface area contributed by atoms with Crippen molar-refractivity contribution < 1.29 is 13.2 Å². The average molecular weight is 393 g/mol. The van der Waals surface area contributed by atoms with E-state index in [-0.39, 0.29) is 23.9 Å². The van der Waals surface area contributed by atoms with Crippen molar-refractivity contribution in [3.05, 3.63) is 58.6 Å². The van der Waals surface area contributed by atoms with Gasteiger partial charge in [0, 0.05) is 23.8 Å². The molecule has 1 aliphatic rings. The van der Waals surface area contributed by atoms with Crippen LogP contribution < -0.4 is 4.90 Å². The molecule has 3 rings (SSSR count). The van der Waals surface area contributed by atoms with Crippen LogP contribution in [0.25, 0.3) is 0 Å². The van der Waals surface area contributed by atoms with Crippen LogP contribution in [-0.4, -0.2) is 37.8 Å². The number of halogens is 1. The molecule has 0 bridgehead atoms. The monoisotopic (exact) mass is 392 g/mol. The zero-order valence-electron chi connectivity index (χ0n) is 14.9. The van der Waals surface area contributed by atoms with Crippen molar-refractivity contribution in [3.8, 4) is 0 Å². The summed E-state index contributed by atoms with van der Waals surface area (Å²) in [5.74, 6) is -0.252. The molecule has 1 heterocycles. The summed E-state index contributed by atoms with van der Waals surface area (Å²) in [7, 11) is -3.73. The molecule has 1 aliphatic heterocycles. The van der Waals surface area contributed by atoms with Crippen LogP contribution in [0.4, 0.5) is 5.69 Å². The van der Waals surface area contributed by atoms with E-state index in [1.54, 1.807) is 48.2 Å². The van der Waals surface area contributed by atoms with Gasteiger partial charge in [-0.25, -0.2) is 8.42 Å². The van der Waals surface area contributed by atoms with Crippen molar-refractivity contribution in [2.45, 2.75) is 31.7 Å². The smallest absolute Gasteiger partial charge is 0.245 e. The highest BCUT2D eigenvalue weighted by Crippen LogP contribution is 2.29. The number of rotatable bonds is 3. The second-order valence-corrected chi connectivity index (χ2v) is 8.85. The molecule has 7 heteroatoms. The van der Waals surface area contributed by atoms with E-state index in [2.05, 4.69) is 0 Å². The molecule has 1 fully saturated rings. The molecule has 0 aromatic heterocycles. The first kappa shape index (κ1) is 18.9. The van der Waals surface area contributed by atoms with Crippen LogP contribution in [0, 0.1) is 13.8 Å². The van der Waals surface area contributed by atoms with E-state index in [1.165, 1.54) is 4.31 Å². The van der Waals surface area contributed by atoms with Gasteiger partial charge in [-0.05, 0) is 50.6 Å². The molecule has 0 saturated carbocycles. The Hall–Kier alpha value is -1.89. The van der Waals surface area contributed by atoms with E-state index in [9.17, 15) is 13.2 Å². The molecular weight excluding hydrogens is 372 g/mol. The summed E-state index contributed by atoms with van der Waals surface area (Å²) in [4.78, 5) is 14.7. The van der Waals surface area contributed by atoms with E-state index >= 15 is 0 Å². The van der Waals surface area contributed by atoms with Crippen molar-refractivity contribution in [2.75, 3.05) is 18.0 Å². The van der Waals surface area contributed by atoms with Gasteiger partial charge in [-0.15, -0.1) is 0 Å². The summed E-state index contributed by atoms with van der Waals surface area (Å²) in [6.45, 7) is 5.94. The highest BCUT2D eigenvalue weighted by molar-refractivity contribution is 7.89. The Labute approximate surface area is 159 Å². The van der Waals surface area contributed by atoms with Crippen molar-refractivity contribution in [2.24, 2.45) is 0 Å². The van der Waals surface area contributed by atoms with Crippen LogP contribution in [0.2, 0.25) is 5.02 Å². The summed E-state index contributed by atoms with van der Waals surface area (Å²) in [6.07, 6.45) is 0. The molecule has 0 aliphatic carbocycles. The Kier molecular flexibility index (Phi) is 5.10. The van der Waals surface area contributed by atoms with Crippen LogP contribution in [0.15, 0.2) is 47.4 Å². The number of benzene rings is 2. The lowest BCUT2D eigenvalue weighted by molar-refractivity contribution is -0.123. The van der Waals surface area contributed by atoms with E-state index in [4.69, 9.17) is 11.6 Å². The van der Waals surface area contributed by atoms with E-state index in [0.29, 0.717) is 5.02 Å². The largest absolute Gasteiger partial charge is 0.309 e. The minimum atomic E-state index is -3.73. The molecule has 2 aromatic rings. The standard InChI is InChI=1S/C19H21ClN2O3S/c1-13-4-8-17(9-5-13)26(24,25)22-11-10-21(19(23)15(22)3)18-12-16(20)7-6-14(18)2/h4-9,12,15H,10-11H2,1-3H3. The van der Waals surface area contributed by atoms with Crippen LogP contribution >= 0.6 is 11.6 Å². The van der Waals surface area contributed by atoms with Crippen molar-refractivity contribution >= 4 is 33.2 Å². The number of sulfonamides is 1. The summed E-state index contributed by atoms with van der Waals surface area (Å²) in [5, 5.41) is 0.542. The lowest BCUT2D eigenvalue weighted by atomic mass is 10.1. The molecular formula is C19H21ClN2O3S. The van der Waals surface area contributed by atoms with Gasteiger partial charge in [-0.1, -0.05) is 35.4 Å². The molecule has 0 spiro atoms. The van der Waals surface area contributed by atoms with Gasteiger partial charge in [0.15, 0.2) is 0 Å². The molecule has 5 nitrogen and oxygen atoms in total. The maximum atomic E-state index is 13.0. The Morgan fingerprint density at radius 3 is 2.35 bits per heavy atom. The number of nitrogens with zero attached hydrogens (tertiary/aromatic N) is 2. The maximum Gasteiger partial charge on any atom is 0.245 e. The number of amides is 1. The molecule has 1 atom stereocenters. The van der Waals surface area contributed by atoms with Gasteiger partial charge < -0.3 is 4.90 Å². The maximum absolute atomic E-state index is 13.0. The Bertz CT molecular complexity index is 942. The normalized spacial score (nSPS) is 19.0. The molecule has 1 amide bonds. The van der Waals surface area contributed by atoms with Crippen LogP contribution in [0.5, 0.6) is 0 Å². The van der Waals surface area contributed by atoms with E-state index < -0.39 is 16.1 Å².